The fourth-order valence-corrected chi connectivity index (χ4v) is 2.07. The summed E-state index contributed by atoms with van der Waals surface area (Å²) < 4.78 is 22.3. The molecule has 6 heteroatoms. The highest BCUT2D eigenvalue weighted by molar-refractivity contribution is 7.89. The first-order valence-electron chi connectivity index (χ1n) is 5.70. The van der Waals surface area contributed by atoms with Crippen LogP contribution in [0, 0.1) is 6.92 Å². The third-order valence-corrected chi connectivity index (χ3v) is 3.67. The van der Waals surface area contributed by atoms with Crippen molar-refractivity contribution in [3.8, 4) is 0 Å². The summed E-state index contributed by atoms with van der Waals surface area (Å²) in [6.45, 7) is 5.56. The summed E-state index contributed by atoms with van der Waals surface area (Å²) >= 11 is 0. The van der Waals surface area contributed by atoms with Gasteiger partial charge in [0.25, 0.3) is 5.91 Å². The summed E-state index contributed by atoms with van der Waals surface area (Å²) in [5.74, 6) is -0.206. The fraction of sp³-hybridized carbons (Fsp3) is 0.417. The highest BCUT2D eigenvalue weighted by Crippen LogP contribution is 2.14. The first-order valence-corrected chi connectivity index (χ1v) is 7.24. The van der Waals surface area contributed by atoms with Crippen LogP contribution in [0.1, 0.15) is 36.2 Å². The van der Waals surface area contributed by atoms with Crippen molar-refractivity contribution in [3.05, 3.63) is 29.3 Å². The lowest BCUT2D eigenvalue weighted by molar-refractivity contribution is 0.0938. The Morgan fingerprint density at radius 1 is 1.44 bits per heavy atom. The predicted octanol–water partition coefficient (Wildman–Crippen LogP) is 1.17. The van der Waals surface area contributed by atoms with Crippen molar-refractivity contribution >= 4 is 15.9 Å². The fourth-order valence-electron chi connectivity index (χ4n) is 1.47. The van der Waals surface area contributed by atoms with Gasteiger partial charge in [-0.2, -0.15) is 0 Å². The van der Waals surface area contributed by atoms with Crippen LogP contribution in [-0.4, -0.2) is 20.4 Å². The van der Waals surface area contributed by atoms with Crippen molar-refractivity contribution in [2.75, 3.05) is 0 Å². The maximum atomic E-state index is 11.9. The van der Waals surface area contributed by atoms with Crippen molar-refractivity contribution in [2.45, 2.75) is 38.1 Å². The molecule has 1 aromatic carbocycles. The van der Waals surface area contributed by atoms with E-state index in [1.165, 1.54) is 18.2 Å². The molecule has 0 fully saturated rings. The lowest BCUT2D eigenvalue weighted by Crippen LogP contribution is -2.32. The number of rotatable bonds is 4. The van der Waals surface area contributed by atoms with E-state index in [9.17, 15) is 13.2 Å². The third kappa shape index (κ3) is 3.54. The number of benzene rings is 1. The highest BCUT2D eigenvalue weighted by atomic mass is 32.2. The number of aryl methyl sites for hydroxylation is 1. The zero-order valence-electron chi connectivity index (χ0n) is 10.7. The van der Waals surface area contributed by atoms with Crippen LogP contribution in [-0.2, 0) is 10.0 Å². The van der Waals surface area contributed by atoms with Gasteiger partial charge >= 0.3 is 0 Å². The molecule has 18 heavy (non-hydrogen) atoms. The van der Waals surface area contributed by atoms with E-state index in [2.05, 4.69) is 5.32 Å². The molecule has 0 saturated heterocycles. The zero-order chi connectivity index (χ0) is 13.9. The van der Waals surface area contributed by atoms with Gasteiger partial charge in [-0.05, 0) is 44.0 Å². The average Bonchev–Trinajstić information content (AvgIpc) is 2.27. The van der Waals surface area contributed by atoms with Crippen molar-refractivity contribution in [1.29, 1.82) is 0 Å². The first kappa shape index (κ1) is 14.7. The monoisotopic (exact) mass is 270 g/mol. The summed E-state index contributed by atoms with van der Waals surface area (Å²) in [4.78, 5) is 11.9. The number of hydrogen-bond donors (Lipinski definition) is 2. The van der Waals surface area contributed by atoms with Gasteiger partial charge < -0.3 is 5.32 Å². The molecular weight excluding hydrogens is 252 g/mol. The van der Waals surface area contributed by atoms with Crippen molar-refractivity contribution < 1.29 is 13.2 Å². The van der Waals surface area contributed by atoms with Crippen LogP contribution < -0.4 is 10.5 Å². The van der Waals surface area contributed by atoms with Gasteiger partial charge in [-0.3, -0.25) is 4.79 Å². The molecule has 1 unspecified atom stereocenters. The van der Waals surface area contributed by atoms with Crippen molar-refractivity contribution in [3.63, 3.8) is 0 Å². The van der Waals surface area contributed by atoms with Gasteiger partial charge in [0.05, 0.1) is 4.90 Å². The maximum absolute atomic E-state index is 11.9. The Labute approximate surface area is 107 Å². The molecule has 0 radical (unpaired) electrons. The number of nitrogens with one attached hydrogen (secondary N) is 1. The van der Waals surface area contributed by atoms with E-state index in [0.29, 0.717) is 11.1 Å². The number of carbonyl (C=O) groups excluding carboxylic acids is 1. The number of amides is 1. The molecule has 0 aromatic heterocycles. The molecule has 0 heterocycles. The smallest absolute Gasteiger partial charge is 0.251 e. The maximum Gasteiger partial charge on any atom is 0.251 e. The third-order valence-electron chi connectivity index (χ3n) is 2.76. The van der Waals surface area contributed by atoms with Crippen LogP contribution in [0.25, 0.3) is 0 Å². The molecule has 3 N–H and O–H groups in total. The average molecular weight is 270 g/mol. The predicted molar refractivity (Wildman–Crippen MR) is 69.8 cm³/mol. The summed E-state index contributed by atoms with van der Waals surface area (Å²) in [6, 6.07) is 4.30. The van der Waals surface area contributed by atoms with Crippen LogP contribution in [0.15, 0.2) is 23.1 Å². The Hall–Kier alpha value is -1.40. The van der Waals surface area contributed by atoms with Gasteiger partial charge in [-0.15, -0.1) is 0 Å². The Kier molecular flexibility index (Phi) is 4.48. The Bertz CT molecular complexity index is 552. The van der Waals surface area contributed by atoms with E-state index >= 15 is 0 Å². The van der Waals surface area contributed by atoms with Gasteiger partial charge in [0.1, 0.15) is 0 Å². The zero-order valence-corrected chi connectivity index (χ0v) is 11.5. The topological polar surface area (TPSA) is 89.3 Å². The van der Waals surface area contributed by atoms with E-state index in [4.69, 9.17) is 5.14 Å². The van der Waals surface area contributed by atoms with Crippen LogP contribution >= 0.6 is 0 Å². The molecule has 0 aliphatic heterocycles. The van der Waals surface area contributed by atoms with E-state index < -0.39 is 10.0 Å². The van der Waals surface area contributed by atoms with Crippen molar-refractivity contribution in [2.24, 2.45) is 5.14 Å². The van der Waals surface area contributed by atoms with Crippen LogP contribution in [0.5, 0.6) is 0 Å². The minimum Gasteiger partial charge on any atom is -0.350 e. The van der Waals surface area contributed by atoms with Gasteiger partial charge in [0, 0.05) is 11.6 Å². The van der Waals surface area contributed by atoms with Gasteiger partial charge in [0.2, 0.25) is 10.0 Å². The van der Waals surface area contributed by atoms with E-state index in [1.54, 1.807) is 6.92 Å². The SMILES string of the molecule is CCC(C)NC(=O)c1ccc(S(N)(=O)=O)cc1C. The van der Waals surface area contributed by atoms with Crippen LogP contribution in [0.4, 0.5) is 0 Å². The second kappa shape index (κ2) is 5.49. The van der Waals surface area contributed by atoms with E-state index in [-0.39, 0.29) is 16.8 Å². The molecule has 0 bridgehead atoms. The molecule has 5 nitrogen and oxygen atoms in total. The lowest BCUT2D eigenvalue weighted by Gasteiger charge is -2.13. The van der Waals surface area contributed by atoms with Crippen LogP contribution in [0.3, 0.4) is 0 Å². The van der Waals surface area contributed by atoms with Crippen LogP contribution in [0.2, 0.25) is 0 Å². The molecule has 1 rings (SSSR count). The normalized spacial score (nSPS) is 13.1. The molecule has 0 saturated carbocycles. The highest BCUT2D eigenvalue weighted by Gasteiger charge is 2.14. The second-order valence-corrected chi connectivity index (χ2v) is 5.87. The van der Waals surface area contributed by atoms with Gasteiger partial charge in [-0.25, -0.2) is 13.6 Å². The standard InChI is InChI=1S/C12H18N2O3S/c1-4-9(3)14-12(15)11-6-5-10(7-8(11)2)18(13,16)17/h5-7,9H,4H2,1-3H3,(H,14,15)(H2,13,16,17). The minimum absolute atomic E-state index is 0.0140. The van der Waals surface area contributed by atoms with E-state index in [1.807, 2.05) is 13.8 Å². The van der Waals surface area contributed by atoms with Crippen molar-refractivity contribution in [1.82, 2.24) is 5.32 Å². The summed E-state index contributed by atoms with van der Waals surface area (Å²) in [5.41, 5.74) is 1.05. The largest absolute Gasteiger partial charge is 0.350 e. The Balaban J connectivity index is 3.03. The second-order valence-electron chi connectivity index (χ2n) is 4.30. The summed E-state index contributed by atoms with van der Waals surface area (Å²) in [6.07, 6.45) is 0.833. The minimum atomic E-state index is -3.73. The number of nitrogens with two attached hydrogens (primary N) is 1. The number of carbonyl (C=O) groups is 1. The van der Waals surface area contributed by atoms with Gasteiger partial charge in [-0.1, -0.05) is 6.92 Å². The molecule has 1 aromatic rings. The quantitative estimate of drug-likeness (QED) is 0.860. The Morgan fingerprint density at radius 2 is 2.06 bits per heavy atom. The number of hydrogen-bond acceptors (Lipinski definition) is 3. The number of sulfonamides is 1. The molecule has 1 amide bonds. The lowest BCUT2D eigenvalue weighted by atomic mass is 10.1. The number of primary sulfonamides is 1. The first-order chi connectivity index (χ1) is 8.25. The van der Waals surface area contributed by atoms with Gasteiger partial charge in [0.15, 0.2) is 0 Å². The molecular formula is C12H18N2O3S. The molecule has 0 aliphatic rings. The molecule has 0 aliphatic carbocycles. The molecule has 0 spiro atoms. The summed E-state index contributed by atoms with van der Waals surface area (Å²) in [5, 5.41) is 7.85. The molecule has 1 atom stereocenters. The molecule has 100 valence electrons. The van der Waals surface area contributed by atoms with E-state index in [0.717, 1.165) is 6.42 Å². The Morgan fingerprint density at radius 3 is 2.50 bits per heavy atom. The summed E-state index contributed by atoms with van der Waals surface area (Å²) in [7, 11) is -3.73.